The van der Waals surface area contributed by atoms with Crippen LogP contribution in [0.15, 0.2) is 60.7 Å². The van der Waals surface area contributed by atoms with Gasteiger partial charge in [-0.2, -0.15) is 0 Å². The summed E-state index contributed by atoms with van der Waals surface area (Å²) in [7, 11) is 0. The average molecular weight is 400 g/mol. The number of carbonyl (C=O) groups excluding carboxylic acids is 2. The lowest BCUT2D eigenvalue weighted by Gasteiger charge is -2.18. The zero-order chi connectivity index (χ0) is 20.5. The van der Waals surface area contributed by atoms with Crippen molar-refractivity contribution in [2.45, 2.75) is 12.8 Å². The Bertz CT molecular complexity index is 1150. The summed E-state index contributed by atoms with van der Waals surface area (Å²) in [5, 5.41) is 0. The molecule has 0 atom stereocenters. The van der Waals surface area contributed by atoms with E-state index < -0.39 is 5.97 Å². The van der Waals surface area contributed by atoms with Gasteiger partial charge in [0.05, 0.1) is 6.42 Å². The number of fused-ring (bicyclic) bond motifs is 4. The second-order valence-electron chi connectivity index (χ2n) is 7.44. The molecule has 0 amide bonds. The highest BCUT2D eigenvalue weighted by molar-refractivity contribution is 5.99. The number of ketones is 1. The van der Waals surface area contributed by atoms with Crippen LogP contribution in [0.25, 0.3) is 11.1 Å². The summed E-state index contributed by atoms with van der Waals surface area (Å²) in [5.41, 5.74) is 6.03. The van der Waals surface area contributed by atoms with Gasteiger partial charge in [-0.25, -0.2) is 0 Å². The normalized spacial score (nSPS) is 13.3. The fraction of sp³-hybridized carbons (Fsp3) is 0.200. The Morgan fingerprint density at radius 2 is 1.63 bits per heavy atom. The van der Waals surface area contributed by atoms with Crippen molar-refractivity contribution in [2.75, 3.05) is 19.8 Å². The van der Waals surface area contributed by atoms with Crippen molar-refractivity contribution < 1.29 is 23.8 Å². The number of Topliss-reactive ketones (excluding diaryl/α,β-unsaturated/α-hetero) is 1. The summed E-state index contributed by atoms with van der Waals surface area (Å²) in [6.07, 6.45) is 0.950. The van der Waals surface area contributed by atoms with E-state index in [2.05, 4.69) is 12.1 Å². The van der Waals surface area contributed by atoms with Gasteiger partial charge < -0.3 is 14.2 Å². The first kappa shape index (κ1) is 18.4. The molecule has 0 radical (unpaired) electrons. The Morgan fingerprint density at radius 1 is 0.833 bits per heavy atom. The van der Waals surface area contributed by atoms with Gasteiger partial charge in [-0.3, -0.25) is 9.59 Å². The lowest BCUT2D eigenvalue weighted by atomic mass is 10.0. The maximum Gasteiger partial charge on any atom is 0.310 e. The van der Waals surface area contributed by atoms with Crippen LogP contribution in [0.5, 0.6) is 11.5 Å². The third-order valence-corrected chi connectivity index (χ3v) is 5.44. The van der Waals surface area contributed by atoms with E-state index >= 15 is 0 Å². The zero-order valence-electron chi connectivity index (χ0n) is 16.4. The molecule has 150 valence electrons. The van der Waals surface area contributed by atoms with Crippen molar-refractivity contribution in [1.82, 2.24) is 0 Å². The number of benzene rings is 3. The lowest BCUT2D eigenvalue weighted by molar-refractivity contribution is -0.141. The van der Waals surface area contributed by atoms with Crippen molar-refractivity contribution in [3.05, 3.63) is 82.9 Å². The predicted octanol–water partition coefficient (Wildman–Crippen LogP) is 4.00. The Kier molecular flexibility index (Phi) is 4.71. The Labute approximate surface area is 174 Å². The van der Waals surface area contributed by atoms with Crippen LogP contribution >= 0.6 is 0 Å². The van der Waals surface area contributed by atoms with Gasteiger partial charge in [0.2, 0.25) is 0 Å². The molecule has 0 N–H and O–H groups in total. The molecule has 3 aromatic rings. The van der Waals surface area contributed by atoms with E-state index in [0.717, 1.165) is 23.1 Å². The number of esters is 1. The zero-order valence-corrected chi connectivity index (χ0v) is 16.4. The number of hydrogen-bond acceptors (Lipinski definition) is 5. The summed E-state index contributed by atoms with van der Waals surface area (Å²) in [4.78, 5) is 24.8. The van der Waals surface area contributed by atoms with E-state index in [1.165, 1.54) is 11.1 Å². The van der Waals surface area contributed by atoms with Crippen molar-refractivity contribution >= 4 is 11.8 Å². The molecule has 3 aromatic carbocycles. The van der Waals surface area contributed by atoms with Crippen LogP contribution < -0.4 is 9.47 Å². The maximum atomic E-state index is 12.6. The van der Waals surface area contributed by atoms with E-state index in [0.29, 0.717) is 30.3 Å². The standard InChI is InChI=1S/C25H20O5/c26-22(19-7-6-18-13-17-3-1-2-4-20(17)21(18)14-19)15-30-25(27)12-16-5-8-23-24(11-16)29-10-9-28-23/h1-8,11,14H,9-10,12-13,15H2. The molecular formula is C25H20O5. The van der Waals surface area contributed by atoms with E-state index in [1.54, 1.807) is 18.2 Å². The van der Waals surface area contributed by atoms with Crippen LogP contribution in [0.4, 0.5) is 0 Å². The molecule has 5 rings (SSSR count). The maximum absolute atomic E-state index is 12.6. The van der Waals surface area contributed by atoms with Gasteiger partial charge in [0.15, 0.2) is 23.9 Å². The molecule has 5 heteroatoms. The van der Waals surface area contributed by atoms with Crippen molar-refractivity contribution in [1.29, 1.82) is 0 Å². The van der Waals surface area contributed by atoms with E-state index in [9.17, 15) is 9.59 Å². The van der Waals surface area contributed by atoms with Crippen molar-refractivity contribution in [2.24, 2.45) is 0 Å². The molecule has 5 nitrogen and oxygen atoms in total. The first-order valence-electron chi connectivity index (χ1n) is 9.96. The summed E-state index contributed by atoms with van der Waals surface area (Å²) in [6, 6.07) is 19.3. The van der Waals surface area contributed by atoms with Crippen molar-refractivity contribution in [3.8, 4) is 22.6 Å². The molecule has 1 aliphatic heterocycles. The second kappa shape index (κ2) is 7.67. The Hall–Kier alpha value is -3.60. The van der Waals surface area contributed by atoms with Gasteiger partial charge in [0.25, 0.3) is 0 Å². The van der Waals surface area contributed by atoms with E-state index in [4.69, 9.17) is 14.2 Å². The molecule has 2 aliphatic rings. The molecule has 0 unspecified atom stereocenters. The topological polar surface area (TPSA) is 61.8 Å². The molecule has 0 fully saturated rings. The van der Waals surface area contributed by atoms with Crippen LogP contribution in [0.3, 0.4) is 0 Å². The summed E-state index contributed by atoms with van der Waals surface area (Å²) >= 11 is 0. The van der Waals surface area contributed by atoms with Crippen molar-refractivity contribution in [3.63, 3.8) is 0 Å². The first-order valence-corrected chi connectivity index (χ1v) is 9.96. The summed E-state index contributed by atoms with van der Waals surface area (Å²) in [5.74, 6) is 0.636. The van der Waals surface area contributed by atoms with E-state index in [-0.39, 0.29) is 18.8 Å². The quantitative estimate of drug-likeness (QED) is 0.374. The lowest BCUT2D eigenvalue weighted by Crippen LogP contribution is -2.17. The molecular weight excluding hydrogens is 380 g/mol. The molecule has 1 aliphatic carbocycles. The minimum Gasteiger partial charge on any atom is -0.486 e. The average Bonchev–Trinajstić information content (AvgIpc) is 3.15. The molecule has 0 spiro atoms. The van der Waals surface area contributed by atoms with Gasteiger partial charge in [-0.1, -0.05) is 42.5 Å². The minimum absolute atomic E-state index is 0.0709. The molecule has 0 saturated heterocycles. The van der Waals surface area contributed by atoms with Crippen LogP contribution in [-0.2, 0) is 22.4 Å². The van der Waals surface area contributed by atoms with E-state index in [1.807, 2.05) is 30.3 Å². The molecule has 0 aromatic heterocycles. The highest BCUT2D eigenvalue weighted by Crippen LogP contribution is 2.37. The third-order valence-electron chi connectivity index (χ3n) is 5.44. The van der Waals surface area contributed by atoms with Gasteiger partial charge >= 0.3 is 5.97 Å². The highest BCUT2D eigenvalue weighted by Gasteiger charge is 2.20. The van der Waals surface area contributed by atoms with Crippen LogP contribution in [-0.4, -0.2) is 31.6 Å². The SMILES string of the molecule is O=C(Cc1ccc2c(c1)OCCO2)OCC(=O)c1ccc2c(c1)-c1ccccc1C2. The smallest absolute Gasteiger partial charge is 0.310 e. The van der Waals surface area contributed by atoms with Gasteiger partial charge in [-0.15, -0.1) is 0 Å². The molecule has 30 heavy (non-hydrogen) atoms. The minimum atomic E-state index is -0.452. The first-order chi connectivity index (χ1) is 14.7. The van der Waals surface area contributed by atoms with Crippen LogP contribution in [0, 0.1) is 0 Å². The Morgan fingerprint density at radius 3 is 2.53 bits per heavy atom. The predicted molar refractivity (Wildman–Crippen MR) is 111 cm³/mol. The fourth-order valence-electron chi connectivity index (χ4n) is 3.94. The highest BCUT2D eigenvalue weighted by atomic mass is 16.6. The monoisotopic (exact) mass is 400 g/mol. The Balaban J connectivity index is 1.22. The fourth-order valence-corrected chi connectivity index (χ4v) is 3.94. The third kappa shape index (κ3) is 3.54. The molecule has 1 heterocycles. The summed E-state index contributed by atoms with van der Waals surface area (Å²) in [6.45, 7) is 0.731. The largest absolute Gasteiger partial charge is 0.486 e. The number of rotatable bonds is 5. The number of ether oxygens (including phenoxy) is 3. The van der Waals surface area contributed by atoms with Gasteiger partial charge in [0.1, 0.15) is 13.2 Å². The van der Waals surface area contributed by atoms with Gasteiger partial charge in [0, 0.05) is 5.56 Å². The van der Waals surface area contributed by atoms with Crippen LogP contribution in [0.1, 0.15) is 27.0 Å². The number of carbonyl (C=O) groups is 2. The summed E-state index contributed by atoms with van der Waals surface area (Å²) < 4.78 is 16.2. The van der Waals surface area contributed by atoms with Crippen LogP contribution in [0.2, 0.25) is 0 Å². The molecule has 0 bridgehead atoms. The second-order valence-corrected chi connectivity index (χ2v) is 7.44. The van der Waals surface area contributed by atoms with Gasteiger partial charge in [-0.05, 0) is 52.4 Å². The number of hydrogen-bond donors (Lipinski definition) is 0. The molecule has 0 saturated carbocycles.